The van der Waals surface area contributed by atoms with Crippen LogP contribution in [0.25, 0.3) is 0 Å². The Bertz CT molecular complexity index is 519. The first-order chi connectivity index (χ1) is 8.59. The van der Waals surface area contributed by atoms with Crippen LogP contribution in [0.15, 0.2) is 41.8 Å². The van der Waals surface area contributed by atoms with Gasteiger partial charge in [-0.3, -0.25) is 4.79 Å². The average Bonchev–Trinajstić information content (AvgIpc) is 2.91. The van der Waals surface area contributed by atoms with Gasteiger partial charge >= 0.3 is 0 Å². The van der Waals surface area contributed by atoms with Gasteiger partial charge in [-0.15, -0.1) is 11.3 Å². The molecule has 2 aromatic rings. The molecule has 1 heterocycles. The van der Waals surface area contributed by atoms with Crippen molar-refractivity contribution in [3.8, 4) is 0 Å². The van der Waals surface area contributed by atoms with E-state index < -0.39 is 6.10 Å². The number of carbonyl (C=O) groups is 1. The van der Waals surface area contributed by atoms with E-state index in [4.69, 9.17) is 0 Å². The van der Waals surface area contributed by atoms with Crippen molar-refractivity contribution in [2.75, 3.05) is 0 Å². The fourth-order valence-corrected chi connectivity index (χ4v) is 2.87. The van der Waals surface area contributed by atoms with Gasteiger partial charge in [0.25, 0.3) is 0 Å². The summed E-state index contributed by atoms with van der Waals surface area (Å²) >= 11 is 4.74. The van der Waals surface area contributed by atoms with E-state index in [1.807, 2.05) is 36.6 Å². The lowest BCUT2D eigenvalue weighted by atomic mass is 10.0. The maximum Gasteiger partial charge on any atom is 0.202 e. The third-order valence-electron chi connectivity index (χ3n) is 2.71. The smallest absolute Gasteiger partial charge is 0.202 e. The molecule has 0 radical (unpaired) electrons. The lowest BCUT2D eigenvalue weighted by molar-refractivity contribution is 0.0750. The standard InChI is InChI=1S/C14H13BrO2S/c1-9-4-6-10(7-5-9)12(15)14(17)13(16)11-3-2-8-18-11/h2-8,12,14,17H,1H3/t12-,14+/m1/s1. The summed E-state index contributed by atoms with van der Waals surface area (Å²) in [5.41, 5.74) is 2.05. The second kappa shape index (κ2) is 5.78. The Labute approximate surface area is 118 Å². The van der Waals surface area contributed by atoms with Crippen LogP contribution >= 0.6 is 27.3 Å². The number of Topliss-reactive ketones (excluding diaryl/α,β-unsaturated/α-hetero) is 1. The summed E-state index contributed by atoms with van der Waals surface area (Å²) in [6, 6.07) is 11.3. The number of halogens is 1. The highest BCUT2D eigenvalue weighted by molar-refractivity contribution is 9.09. The fraction of sp³-hybridized carbons (Fsp3) is 0.214. The van der Waals surface area contributed by atoms with Gasteiger partial charge in [0.15, 0.2) is 0 Å². The second-order valence-corrected chi connectivity index (χ2v) is 6.03. The minimum absolute atomic E-state index is 0.243. The Kier molecular flexibility index (Phi) is 4.32. The number of hydrogen-bond donors (Lipinski definition) is 1. The van der Waals surface area contributed by atoms with Crippen LogP contribution in [0.2, 0.25) is 0 Å². The Morgan fingerprint density at radius 2 is 1.94 bits per heavy atom. The van der Waals surface area contributed by atoms with Crippen molar-refractivity contribution >= 4 is 33.0 Å². The highest BCUT2D eigenvalue weighted by Gasteiger charge is 2.26. The molecule has 0 saturated heterocycles. The zero-order valence-electron chi connectivity index (χ0n) is 9.84. The van der Waals surface area contributed by atoms with Crippen molar-refractivity contribution < 1.29 is 9.90 Å². The number of rotatable bonds is 4. The van der Waals surface area contributed by atoms with Crippen LogP contribution in [0.5, 0.6) is 0 Å². The molecule has 0 aliphatic carbocycles. The number of thiophene rings is 1. The predicted octanol–water partition coefficient (Wildman–Crippen LogP) is 3.74. The molecule has 0 unspecified atom stereocenters. The molecule has 0 fully saturated rings. The molecule has 2 rings (SSSR count). The first kappa shape index (κ1) is 13.5. The molecule has 0 spiro atoms. The van der Waals surface area contributed by atoms with E-state index in [0.29, 0.717) is 4.88 Å². The molecule has 0 bridgehead atoms. The van der Waals surface area contributed by atoms with Crippen molar-refractivity contribution in [2.24, 2.45) is 0 Å². The molecule has 1 N–H and O–H groups in total. The number of benzene rings is 1. The summed E-state index contributed by atoms with van der Waals surface area (Å²) < 4.78 is 0. The molecule has 4 heteroatoms. The van der Waals surface area contributed by atoms with E-state index in [-0.39, 0.29) is 10.6 Å². The first-order valence-electron chi connectivity index (χ1n) is 5.56. The molecule has 2 atom stereocenters. The summed E-state index contributed by atoms with van der Waals surface area (Å²) in [6.45, 7) is 2.00. The summed E-state index contributed by atoms with van der Waals surface area (Å²) in [5.74, 6) is -0.243. The van der Waals surface area contributed by atoms with Crippen molar-refractivity contribution in [1.82, 2.24) is 0 Å². The lowest BCUT2D eigenvalue weighted by Gasteiger charge is -2.16. The second-order valence-electron chi connectivity index (χ2n) is 4.10. The van der Waals surface area contributed by atoms with Crippen LogP contribution in [0.1, 0.15) is 25.6 Å². The van der Waals surface area contributed by atoms with Crippen LogP contribution in [-0.2, 0) is 0 Å². The van der Waals surface area contributed by atoms with Gasteiger partial charge < -0.3 is 5.11 Å². The van der Waals surface area contributed by atoms with E-state index in [9.17, 15) is 9.90 Å². The highest BCUT2D eigenvalue weighted by atomic mass is 79.9. The minimum atomic E-state index is -1.06. The largest absolute Gasteiger partial charge is 0.383 e. The summed E-state index contributed by atoms with van der Waals surface area (Å²) in [4.78, 5) is 12.2. The number of hydrogen-bond acceptors (Lipinski definition) is 3. The summed E-state index contributed by atoms with van der Waals surface area (Å²) in [7, 11) is 0. The SMILES string of the molecule is Cc1ccc([C@@H](Br)[C@H](O)C(=O)c2cccs2)cc1. The molecular formula is C14H13BrO2S. The topological polar surface area (TPSA) is 37.3 Å². The maximum absolute atomic E-state index is 12.0. The van der Waals surface area contributed by atoms with Crippen molar-refractivity contribution in [3.63, 3.8) is 0 Å². The Balaban J connectivity index is 2.16. The fourth-order valence-electron chi connectivity index (χ4n) is 1.63. The normalized spacial score (nSPS) is 14.2. The van der Waals surface area contributed by atoms with Crippen LogP contribution in [0.4, 0.5) is 0 Å². The summed E-state index contributed by atoms with van der Waals surface area (Å²) in [6.07, 6.45) is -1.06. The van der Waals surface area contributed by atoms with Gasteiger partial charge in [-0.05, 0) is 23.9 Å². The molecule has 0 aliphatic heterocycles. The molecule has 0 aliphatic rings. The zero-order valence-corrected chi connectivity index (χ0v) is 12.2. The molecule has 0 amide bonds. The van der Waals surface area contributed by atoms with Crippen molar-refractivity contribution in [3.05, 3.63) is 57.8 Å². The zero-order chi connectivity index (χ0) is 13.1. The predicted molar refractivity (Wildman–Crippen MR) is 77.5 cm³/mol. The van der Waals surface area contributed by atoms with Gasteiger partial charge in [-0.2, -0.15) is 0 Å². The number of aliphatic hydroxyl groups is 1. The number of ketones is 1. The van der Waals surface area contributed by atoms with E-state index in [1.54, 1.807) is 12.1 Å². The quantitative estimate of drug-likeness (QED) is 0.687. The number of aliphatic hydroxyl groups excluding tert-OH is 1. The Hall–Kier alpha value is -0.970. The summed E-state index contributed by atoms with van der Waals surface area (Å²) in [5, 5.41) is 11.9. The molecule has 0 saturated carbocycles. The Morgan fingerprint density at radius 1 is 1.28 bits per heavy atom. The van der Waals surface area contributed by atoms with Gasteiger partial charge in [-0.1, -0.05) is 51.8 Å². The highest BCUT2D eigenvalue weighted by Crippen LogP contribution is 2.29. The van der Waals surface area contributed by atoms with Gasteiger partial charge in [0.2, 0.25) is 5.78 Å². The van der Waals surface area contributed by atoms with Gasteiger partial charge in [0, 0.05) is 0 Å². The van der Waals surface area contributed by atoms with E-state index in [1.165, 1.54) is 11.3 Å². The third kappa shape index (κ3) is 2.88. The van der Waals surface area contributed by atoms with Gasteiger partial charge in [-0.25, -0.2) is 0 Å². The number of aryl methyl sites for hydroxylation is 1. The van der Waals surface area contributed by atoms with Gasteiger partial charge in [0.05, 0.1) is 9.70 Å². The molecule has 1 aromatic heterocycles. The monoisotopic (exact) mass is 324 g/mol. The molecule has 2 nitrogen and oxygen atoms in total. The third-order valence-corrected chi connectivity index (χ3v) is 4.62. The van der Waals surface area contributed by atoms with Crippen LogP contribution in [0, 0.1) is 6.92 Å². The first-order valence-corrected chi connectivity index (χ1v) is 7.35. The van der Waals surface area contributed by atoms with Gasteiger partial charge in [0.1, 0.15) is 6.10 Å². The van der Waals surface area contributed by atoms with E-state index in [2.05, 4.69) is 15.9 Å². The van der Waals surface area contributed by atoms with E-state index >= 15 is 0 Å². The van der Waals surface area contributed by atoms with Crippen molar-refractivity contribution in [2.45, 2.75) is 17.9 Å². The maximum atomic E-state index is 12.0. The molecule has 94 valence electrons. The van der Waals surface area contributed by atoms with Crippen LogP contribution in [-0.4, -0.2) is 17.0 Å². The molecule has 1 aromatic carbocycles. The minimum Gasteiger partial charge on any atom is -0.383 e. The molecular weight excluding hydrogens is 312 g/mol. The Morgan fingerprint density at radius 3 is 2.50 bits per heavy atom. The number of alkyl halides is 1. The molecule has 18 heavy (non-hydrogen) atoms. The average molecular weight is 325 g/mol. The van der Waals surface area contributed by atoms with E-state index in [0.717, 1.165) is 11.1 Å². The van der Waals surface area contributed by atoms with Crippen LogP contribution in [0.3, 0.4) is 0 Å². The number of carbonyl (C=O) groups excluding carboxylic acids is 1. The van der Waals surface area contributed by atoms with Crippen molar-refractivity contribution in [1.29, 1.82) is 0 Å². The lowest BCUT2D eigenvalue weighted by Crippen LogP contribution is -2.24. The van der Waals surface area contributed by atoms with Crippen LogP contribution < -0.4 is 0 Å².